The number of hydrogen-bond acceptors (Lipinski definition) is 7. The zero-order chi connectivity index (χ0) is 21.8. The number of nitrogens with zero attached hydrogens (tertiary/aromatic N) is 5. The minimum Gasteiger partial charge on any atom is -0.495 e. The Morgan fingerprint density at radius 2 is 1.42 bits per heavy atom. The van der Waals surface area contributed by atoms with Gasteiger partial charge in [-0.15, -0.1) is 10.2 Å². The molecule has 0 spiro atoms. The monoisotopic (exact) mass is 465 g/mol. The van der Waals surface area contributed by atoms with Gasteiger partial charge >= 0.3 is 0 Å². The topological polar surface area (TPSA) is 78.9 Å². The van der Waals surface area contributed by atoms with Gasteiger partial charge in [-0.05, 0) is 43.2 Å². The summed E-state index contributed by atoms with van der Waals surface area (Å²) in [6, 6.07) is 8.64. The zero-order valence-electron chi connectivity index (χ0n) is 17.7. The predicted molar refractivity (Wildman–Crippen MR) is 122 cm³/mol. The van der Waals surface area contributed by atoms with Gasteiger partial charge in [-0.3, -0.25) is 0 Å². The van der Waals surface area contributed by atoms with Gasteiger partial charge in [-0.2, -0.15) is 4.31 Å². The van der Waals surface area contributed by atoms with Crippen molar-refractivity contribution in [1.29, 1.82) is 0 Å². The van der Waals surface area contributed by atoms with Crippen LogP contribution in [0.1, 0.15) is 25.7 Å². The molecule has 0 aliphatic carbocycles. The van der Waals surface area contributed by atoms with Crippen LogP contribution in [0, 0.1) is 0 Å². The van der Waals surface area contributed by atoms with E-state index in [1.165, 1.54) is 43.2 Å². The fraction of sp³-hybridized carbons (Fsp3) is 0.524. The van der Waals surface area contributed by atoms with Crippen molar-refractivity contribution in [3.8, 4) is 5.75 Å². The smallest absolute Gasteiger partial charge is 0.246 e. The highest BCUT2D eigenvalue weighted by Gasteiger charge is 2.31. The highest BCUT2D eigenvalue weighted by molar-refractivity contribution is 7.89. The molecule has 0 bridgehead atoms. The second kappa shape index (κ2) is 9.58. The normalized spacial score (nSPS) is 18.6. The van der Waals surface area contributed by atoms with Crippen LogP contribution in [-0.4, -0.2) is 69.3 Å². The molecule has 3 heterocycles. The van der Waals surface area contributed by atoms with Crippen molar-refractivity contribution in [2.24, 2.45) is 0 Å². The molecule has 8 nitrogen and oxygen atoms in total. The van der Waals surface area contributed by atoms with Crippen LogP contribution in [0.5, 0.6) is 5.75 Å². The van der Waals surface area contributed by atoms with E-state index in [2.05, 4.69) is 20.0 Å². The average Bonchev–Trinajstić information content (AvgIpc) is 3.09. The van der Waals surface area contributed by atoms with Crippen molar-refractivity contribution < 1.29 is 13.2 Å². The van der Waals surface area contributed by atoms with Crippen molar-refractivity contribution in [1.82, 2.24) is 14.5 Å². The second-order valence-corrected chi connectivity index (χ2v) is 10.2. The first kappa shape index (κ1) is 22.1. The zero-order valence-corrected chi connectivity index (χ0v) is 19.3. The summed E-state index contributed by atoms with van der Waals surface area (Å²) < 4.78 is 33.0. The van der Waals surface area contributed by atoms with E-state index < -0.39 is 10.0 Å². The summed E-state index contributed by atoms with van der Waals surface area (Å²) in [5, 5.41) is 9.22. The number of methoxy groups -OCH3 is 1. The number of benzene rings is 1. The van der Waals surface area contributed by atoms with Crippen LogP contribution >= 0.6 is 11.6 Å². The summed E-state index contributed by atoms with van der Waals surface area (Å²) in [4.78, 5) is 4.46. The molecule has 4 rings (SSSR count). The van der Waals surface area contributed by atoms with E-state index in [0.29, 0.717) is 37.0 Å². The van der Waals surface area contributed by atoms with E-state index >= 15 is 0 Å². The van der Waals surface area contributed by atoms with E-state index in [0.717, 1.165) is 24.7 Å². The van der Waals surface area contributed by atoms with Gasteiger partial charge in [-0.25, -0.2) is 8.42 Å². The van der Waals surface area contributed by atoms with Crippen LogP contribution in [0.4, 0.5) is 11.6 Å². The van der Waals surface area contributed by atoms with Crippen LogP contribution in [-0.2, 0) is 10.0 Å². The Labute approximate surface area is 188 Å². The van der Waals surface area contributed by atoms with Crippen molar-refractivity contribution in [3.05, 3.63) is 35.4 Å². The van der Waals surface area contributed by atoms with Gasteiger partial charge in [0, 0.05) is 44.3 Å². The first-order valence-electron chi connectivity index (χ1n) is 10.7. The van der Waals surface area contributed by atoms with Crippen LogP contribution < -0.4 is 14.5 Å². The molecule has 0 radical (unpaired) electrons. The maximum Gasteiger partial charge on any atom is 0.246 e. The Hall–Kier alpha value is -2.10. The summed E-state index contributed by atoms with van der Waals surface area (Å²) in [5.41, 5.74) is 0. The Balaban J connectivity index is 1.42. The van der Waals surface area contributed by atoms with Gasteiger partial charge in [0.15, 0.2) is 11.6 Å². The molecule has 2 aliphatic rings. The fourth-order valence-electron chi connectivity index (χ4n) is 4.10. The number of hydrogen-bond donors (Lipinski definition) is 0. The lowest BCUT2D eigenvalue weighted by atomic mass is 10.2. The fourth-order valence-corrected chi connectivity index (χ4v) is 5.94. The van der Waals surface area contributed by atoms with Gasteiger partial charge < -0.3 is 14.5 Å². The quantitative estimate of drug-likeness (QED) is 0.671. The number of sulfonamides is 1. The van der Waals surface area contributed by atoms with Gasteiger partial charge in [0.1, 0.15) is 10.6 Å². The number of aromatic nitrogens is 2. The summed E-state index contributed by atoms with van der Waals surface area (Å²) in [6.07, 6.45) is 4.93. The van der Waals surface area contributed by atoms with Crippen LogP contribution in [0.15, 0.2) is 35.2 Å². The van der Waals surface area contributed by atoms with Crippen molar-refractivity contribution in [2.45, 2.75) is 30.6 Å². The van der Waals surface area contributed by atoms with Gasteiger partial charge in [0.2, 0.25) is 10.0 Å². The second-order valence-electron chi connectivity index (χ2n) is 7.84. The molecule has 0 N–H and O–H groups in total. The lowest BCUT2D eigenvalue weighted by molar-refractivity contribution is 0.373. The molecule has 1 aromatic carbocycles. The summed E-state index contributed by atoms with van der Waals surface area (Å²) >= 11 is 6.03. The maximum atomic E-state index is 13.1. The molecular formula is C21H28ClN5O3S. The first-order valence-corrected chi connectivity index (χ1v) is 12.5. The number of piperazine rings is 1. The molecule has 0 saturated carbocycles. The highest BCUT2D eigenvalue weighted by Crippen LogP contribution is 2.30. The molecule has 2 aromatic rings. The van der Waals surface area contributed by atoms with E-state index in [-0.39, 0.29) is 4.90 Å². The van der Waals surface area contributed by atoms with Crippen molar-refractivity contribution in [3.63, 3.8) is 0 Å². The number of anilines is 2. The predicted octanol–water partition coefficient (Wildman–Crippen LogP) is 3.03. The Morgan fingerprint density at radius 3 is 1.97 bits per heavy atom. The Bertz CT molecular complexity index is 987. The van der Waals surface area contributed by atoms with Crippen LogP contribution in [0.2, 0.25) is 5.02 Å². The third kappa shape index (κ3) is 4.88. The van der Waals surface area contributed by atoms with E-state index in [1.807, 2.05) is 12.1 Å². The molecule has 0 atom stereocenters. The Kier molecular flexibility index (Phi) is 6.83. The van der Waals surface area contributed by atoms with E-state index in [1.54, 1.807) is 12.1 Å². The first-order chi connectivity index (χ1) is 15.0. The summed E-state index contributed by atoms with van der Waals surface area (Å²) in [5.74, 6) is 1.98. The molecule has 2 saturated heterocycles. The number of halogens is 1. The van der Waals surface area contributed by atoms with E-state index in [9.17, 15) is 8.42 Å². The third-order valence-electron chi connectivity index (χ3n) is 5.87. The summed E-state index contributed by atoms with van der Waals surface area (Å²) in [6.45, 7) is 3.84. The molecule has 31 heavy (non-hydrogen) atoms. The lowest BCUT2D eigenvalue weighted by Gasteiger charge is -2.34. The molecule has 0 unspecified atom stereocenters. The minimum absolute atomic E-state index is 0.0949. The molecular weight excluding hydrogens is 438 g/mol. The molecule has 1 aromatic heterocycles. The lowest BCUT2D eigenvalue weighted by Crippen LogP contribution is -2.49. The van der Waals surface area contributed by atoms with Crippen molar-refractivity contribution in [2.75, 3.05) is 56.2 Å². The maximum absolute atomic E-state index is 13.1. The van der Waals surface area contributed by atoms with Gasteiger partial charge in [0.25, 0.3) is 0 Å². The SMILES string of the molecule is COc1ccc(Cl)cc1S(=O)(=O)N1CCN(c2ccc(N3CCCCCC3)nn2)CC1. The average molecular weight is 466 g/mol. The van der Waals surface area contributed by atoms with Gasteiger partial charge in [-0.1, -0.05) is 24.4 Å². The van der Waals surface area contributed by atoms with E-state index in [4.69, 9.17) is 16.3 Å². The molecule has 2 aliphatic heterocycles. The largest absolute Gasteiger partial charge is 0.495 e. The minimum atomic E-state index is -3.70. The number of rotatable bonds is 5. The standard InChI is InChI=1S/C21H28ClN5O3S/c1-30-18-7-6-17(22)16-19(18)31(28,29)27-14-12-26(13-15-27)21-9-8-20(23-24-21)25-10-4-2-3-5-11-25/h6-9,16H,2-5,10-15H2,1H3. The molecule has 0 amide bonds. The molecule has 168 valence electrons. The number of ether oxygens (including phenoxy) is 1. The van der Waals surface area contributed by atoms with Crippen molar-refractivity contribution >= 4 is 33.3 Å². The molecule has 10 heteroatoms. The third-order valence-corrected chi connectivity index (χ3v) is 8.03. The summed E-state index contributed by atoms with van der Waals surface area (Å²) in [7, 11) is -2.25. The van der Waals surface area contributed by atoms with Crippen LogP contribution in [0.3, 0.4) is 0 Å². The Morgan fingerprint density at radius 1 is 0.839 bits per heavy atom. The highest BCUT2D eigenvalue weighted by atomic mass is 35.5. The van der Waals surface area contributed by atoms with Gasteiger partial charge in [0.05, 0.1) is 7.11 Å². The van der Waals surface area contributed by atoms with Crippen LogP contribution in [0.25, 0.3) is 0 Å². The molecule has 2 fully saturated rings.